The minimum atomic E-state index is -0.525. The largest absolute Gasteiger partial charge is 0.494 e. The number of carbonyl (C=O) groups is 1. The fraction of sp³-hybridized carbons (Fsp3) is 0.579. The number of carbonyl (C=O) groups excluding carboxylic acids is 1. The number of fused-ring (bicyclic) bond motifs is 4. The number of methoxy groups -OCH3 is 1. The number of thiazole rings is 1. The van der Waals surface area contributed by atoms with Crippen LogP contribution in [0.5, 0.6) is 5.75 Å². The van der Waals surface area contributed by atoms with Crippen LogP contribution in [-0.2, 0) is 14.3 Å². The summed E-state index contributed by atoms with van der Waals surface area (Å²) < 4.78 is 17.6. The number of anilines is 2. The molecule has 2 unspecified atom stereocenters. The molecule has 2 aromatic rings. The first-order valence-corrected chi connectivity index (χ1v) is 10.7. The van der Waals surface area contributed by atoms with E-state index in [-0.39, 0.29) is 12.1 Å². The van der Waals surface area contributed by atoms with Crippen molar-refractivity contribution in [2.45, 2.75) is 25.0 Å². The Kier molecular flexibility index (Phi) is 5.17. The number of morpholine rings is 2. The van der Waals surface area contributed by atoms with E-state index in [9.17, 15) is 4.79 Å². The van der Waals surface area contributed by atoms with Crippen molar-refractivity contribution >= 4 is 38.5 Å². The van der Waals surface area contributed by atoms with Crippen LogP contribution in [0.3, 0.4) is 0 Å². The molecule has 4 aliphatic heterocycles. The molecule has 1 aromatic carbocycles. The summed E-state index contributed by atoms with van der Waals surface area (Å²) in [6.45, 7) is 4.27. The first-order chi connectivity index (χ1) is 14.2. The van der Waals surface area contributed by atoms with Crippen LogP contribution in [0, 0.1) is 0 Å². The topological polar surface area (TPSA) is 85.4 Å². The predicted molar refractivity (Wildman–Crippen MR) is 109 cm³/mol. The summed E-state index contributed by atoms with van der Waals surface area (Å²) in [7, 11) is 1.62. The van der Waals surface area contributed by atoms with Crippen molar-refractivity contribution in [3.05, 3.63) is 12.1 Å². The molecule has 6 rings (SSSR count). The molecule has 4 fully saturated rings. The van der Waals surface area contributed by atoms with Gasteiger partial charge in [-0.2, -0.15) is 0 Å². The van der Waals surface area contributed by atoms with Crippen molar-refractivity contribution in [3.8, 4) is 5.75 Å². The highest BCUT2D eigenvalue weighted by Crippen LogP contribution is 2.39. The fourth-order valence-corrected chi connectivity index (χ4v) is 5.09. The number of rotatable bonds is 4. The highest BCUT2D eigenvalue weighted by molar-refractivity contribution is 7.23. The van der Waals surface area contributed by atoms with E-state index in [2.05, 4.69) is 15.2 Å². The number of hydroxylamine groups is 2. The first-order valence-electron chi connectivity index (χ1n) is 9.88. The van der Waals surface area contributed by atoms with Gasteiger partial charge in [-0.05, 0) is 25.0 Å². The van der Waals surface area contributed by atoms with E-state index in [1.807, 2.05) is 12.1 Å². The lowest BCUT2D eigenvalue weighted by molar-refractivity contribution is -0.226. The van der Waals surface area contributed by atoms with Crippen LogP contribution < -0.4 is 15.0 Å². The van der Waals surface area contributed by atoms with Crippen LogP contribution in [0.1, 0.15) is 12.8 Å². The third-order valence-electron chi connectivity index (χ3n) is 5.60. The van der Waals surface area contributed by atoms with Gasteiger partial charge in [0.05, 0.1) is 56.0 Å². The van der Waals surface area contributed by atoms with Gasteiger partial charge in [-0.25, -0.2) is 9.78 Å². The number of ether oxygens (including phenoxy) is 3. The van der Waals surface area contributed by atoms with Crippen LogP contribution in [0.25, 0.3) is 10.2 Å². The number of benzene rings is 1. The lowest BCUT2D eigenvalue weighted by Crippen LogP contribution is -2.55. The summed E-state index contributed by atoms with van der Waals surface area (Å²) in [6.07, 6.45) is 1.63. The molecule has 5 heterocycles. The van der Waals surface area contributed by atoms with Gasteiger partial charge < -0.3 is 23.9 Å². The average Bonchev–Trinajstić information content (AvgIpc) is 3.17. The Hall–Kier alpha value is -2.14. The van der Waals surface area contributed by atoms with Crippen LogP contribution in [-0.4, -0.2) is 74.9 Å². The second-order valence-electron chi connectivity index (χ2n) is 7.37. The molecule has 0 aliphatic carbocycles. The molecule has 0 spiro atoms. The Labute approximate surface area is 172 Å². The molecule has 29 heavy (non-hydrogen) atoms. The highest BCUT2D eigenvalue weighted by Gasteiger charge is 2.37. The third-order valence-corrected chi connectivity index (χ3v) is 6.60. The molecule has 156 valence electrons. The maximum absolute atomic E-state index is 12.5. The van der Waals surface area contributed by atoms with Gasteiger partial charge in [0.15, 0.2) is 5.13 Å². The second kappa shape index (κ2) is 7.94. The van der Waals surface area contributed by atoms with Crippen molar-refractivity contribution in [1.82, 2.24) is 10.0 Å². The van der Waals surface area contributed by atoms with Gasteiger partial charge in [0.2, 0.25) is 0 Å². The lowest BCUT2D eigenvalue weighted by Gasteiger charge is -2.42. The van der Waals surface area contributed by atoms with Gasteiger partial charge in [0.1, 0.15) is 11.3 Å². The summed E-state index contributed by atoms with van der Waals surface area (Å²) in [5.41, 5.74) is 1.82. The molecule has 4 aliphatic rings. The Bertz CT molecular complexity index is 892. The summed E-state index contributed by atoms with van der Waals surface area (Å²) in [5, 5.41) is 5.01. The average molecular weight is 420 g/mol. The van der Waals surface area contributed by atoms with Crippen molar-refractivity contribution in [3.63, 3.8) is 0 Å². The zero-order valence-electron chi connectivity index (χ0n) is 16.3. The maximum atomic E-state index is 12.5. The molecule has 9 nitrogen and oxygen atoms in total. The van der Waals surface area contributed by atoms with Gasteiger partial charge in [0.25, 0.3) is 0 Å². The minimum absolute atomic E-state index is 0.133. The fourth-order valence-electron chi connectivity index (χ4n) is 4.08. The molecule has 1 N–H and O–H groups in total. The van der Waals surface area contributed by atoms with Crippen molar-refractivity contribution < 1.29 is 23.8 Å². The van der Waals surface area contributed by atoms with Gasteiger partial charge >= 0.3 is 6.09 Å². The molecular weight excluding hydrogens is 396 g/mol. The number of aromatic nitrogens is 1. The molecule has 0 saturated carbocycles. The second-order valence-corrected chi connectivity index (χ2v) is 8.37. The van der Waals surface area contributed by atoms with Gasteiger partial charge in [-0.1, -0.05) is 11.3 Å². The van der Waals surface area contributed by atoms with Crippen LogP contribution in [0.15, 0.2) is 12.1 Å². The summed E-state index contributed by atoms with van der Waals surface area (Å²) in [6, 6.07) is 4.09. The SMILES string of the molecule is COc1ccc(N2CCOCC2)c2sc(NC(=O)ON3CC4CCC3CO4)nc12. The zero-order chi connectivity index (χ0) is 19.8. The standard InChI is InChI=1S/C19H24N4O5S/c1-25-15-5-4-14(22-6-8-26-9-7-22)17-16(15)20-18(29-17)21-19(24)28-23-10-13-3-2-12(23)11-27-13/h4-5,12-13H,2-3,6-11H2,1H3,(H,20,21,24). The normalized spacial score (nSPS) is 24.7. The monoisotopic (exact) mass is 420 g/mol. The van der Waals surface area contributed by atoms with E-state index in [0.717, 1.165) is 41.8 Å². The van der Waals surface area contributed by atoms with Crippen molar-refractivity contribution in [1.29, 1.82) is 0 Å². The highest BCUT2D eigenvalue weighted by atomic mass is 32.1. The number of hydrogen-bond acceptors (Lipinski definition) is 9. The predicted octanol–water partition coefficient (Wildman–Crippen LogP) is 2.47. The van der Waals surface area contributed by atoms with Gasteiger partial charge in [0, 0.05) is 13.1 Å². The van der Waals surface area contributed by atoms with E-state index in [0.29, 0.717) is 37.2 Å². The van der Waals surface area contributed by atoms with Crippen LogP contribution >= 0.6 is 11.3 Å². The van der Waals surface area contributed by atoms with Gasteiger partial charge in [-0.15, -0.1) is 5.06 Å². The first kappa shape index (κ1) is 18.9. The Morgan fingerprint density at radius 2 is 2.17 bits per heavy atom. The van der Waals surface area contributed by atoms with Crippen molar-refractivity contribution in [2.24, 2.45) is 0 Å². The van der Waals surface area contributed by atoms with Gasteiger partial charge in [-0.3, -0.25) is 5.32 Å². The number of hydrogen-bond donors (Lipinski definition) is 1. The van der Waals surface area contributed by atoms with E-state index < -0.39 is 6.09 Å². The molecular formula is C19H24N4O5S. The molecule has 4 saturated heterocycles. The Balaban J connectivity index is 1.35. The van der Waals surface area contributed by atoms with E-state index in [4.69, 9.17) is 19.0 Å². The number of nitrogens with one attached hydrogen (secondary N) is 1. The smallest absolute Gasteiger partial charge is 0.432 e. The number of amides is 1. The summed E-state index contributed by atoms with van der Waals surface area (Å²) in [4.78, 5) is 24.9. The zero-order valence-corrected chi connectivity index (χ0v) is 17.1. The molecule has 1 amide bonds. The van der Waals surface area contributed by atoms with E-state index in [1.165, 1.54) is 11.3 Å². The Morgan fingerprint density at radius 3 is 2.86 bits per heavy atom. The molecule has 2 atom stereocenters. The van der Waals surface area contributed by atoms with E-state index in [1.54, 1.807) is 12.2 Å². The molecule has 1 aromatic heterocycles. The summed E-state index contributed by atoms with van der Waals surface area (Å²) >= 11 is 1.42. The molecule has 0 radical (unpaired) electrons. The third kappa shape index (κ3) is 3.73. The Morgan fingerprint density at radius 1 is 1.31 bits per heavy atom. The van der Waals surface area contributed by atoms with Crippen molar-refractivity contribution in [2.75, 3.05) is 56.8 Å². The quantitative estimate of drug-likeness (QED) is 0.808. The minimum Gasteiger partial charge on any atom is -0.494 e. The summed E-state index contributed by atoms with van der Waals surface area (Å²) in [5.74, 6) is 0.681. The van der Waals surface area contributed by atoms with Crippen LogP contribution in [0.2, 0.25) is 0 Å². The molecule has 2 bridgehead atoms. The number of nitrogens with zero attached hydrogens (tertiary/aromatic N) is 3. The van der Waals surface area contributed by atoms with E-state index >= 15 is 0 Å². The molecule has 10 heteroatoms. The number of piperidine rings is 1. The lowest BCUT2D eigenvalue weighted by atomic mass is 9.99. The van der Waals surface area contributed by atoms with Crippen LogP contribution in [0.4, 0.5) is 15.6 Å². The maximum Gasteiger partial charge on any atom is 0.432 e.